The number of pyridine rings is 1. The predicted octanol–water partition coefficient (Wildman–Crippen LogP) is 4.05. The standard InChI is InChI=1S/C19H13NO2/c21-16-6-2-1-5-14(16)15-11-10-13-9-8-12-4-3-7-17(22)18(12)19(13)20-15/h1-11,20-21H. The molecule has 0 unspecified atom stereocenters. The number of phenols is 1. The smallest absolute Gasteiger partial charge is 0.188 e. The van der Waals surface area contributed by atoms with Crippen molar-refractivity contribution in [1.29, 1.82) is 0 Å². The average Bonchev–Trinajstić information content (AvgIpc) is 2.55. The van der Waals surface area contributed by atoms with Crippen molar-refractivity contribution in [2.24, 2.45) is 0 Å². The van der Waals surface area contributed by atoms with E-state index in [-0.39, 0.29) is 11.2 Å². The summed E-state index contributed by atoms with van der Waals surface area (Å²) in [5, 5.41) is 12.6. The monoisotopic (exact) mass is 287 g/mol. The van der Waals surface area contributed by atoms with Gasteiger partial charge in [0.25, 0.3) is 0 Å². The summed E-state index contributed by atoms with van der Waals surface area (Å²) in [6.45, 7) is 0. The van der Waals surface area contributed by atoms with Gasteiger partial charge in [-0.25, -0.2) is 0 Å². The summed E-state index contributed by atoms with van der Waals surface area (Å²) in [5.74, 6) is 0.209. The molecule has 0 aliphatic carbocycles. The first kappa shape index (κ1) is 12.7. The number of rotatable bonds is 1. The van der Waals surface area contributed by atoms with Gasteiger partial charge in [0.1, 0.15) is 5.75 Å². The van der Waals surface area contributed by atoms with Gasteiger partial charge < -0.3 is 10.1 Å². The van der Waals surface area contributed by atoms with E-state index in [2.05, 4.69) is 4.98 Å². The molecule has 3 heteroatoms. The Labute approximate surface area is 126 Å². The van der Waals surface area contributed by atoms with Crippen LogP contribution in [0.15, 0.2) is 71.5 Å². The van der Waals surface area contributed by atoms with E-state index in [1.54, 1.807) is 24.3 Å². The Hall–Kier alpha value is -3.07. The third kappa shape index (κ3) is 1.87. The number of benzene rings is 3. The van der Waals surface area contributed by atoms with Crippen LogP contribution in [0.3, 0.4) is 0 Å². The fourth-order valence-corrected chi connectivity index (χ4v) is 2.84. The third-order valence-corrected chi connectivity index (χ3v) is 3.92. The van der Waals surface area contributed by atoms with Crippen molar-refractivity contribution in [1.82, 2.24) is 4.98 Å². The molecule has 4 aromatic rings. The van der Waals surface area contributed by atoms with E-state index < -0.39 is 0 Å². The maximum absolute atomic E-state index is 12.2. The third-order valence-electron chi connectivity index (χ3n) is 3.92. The van der Waals surface area contributed by atoms with Crippen molar-refractivity contribution in [2.75, 3.05) is 0 Å². The highest BCUT2D eigenvalue weighted by atomic mass is 16.3. The number of aromatic nitrogens is 1. The minimum Gasteiger partial charge on any atom is -0.507 e. The summed E-state index contributed by atoms with van der Waals surface area (Å²) in [6.07, 6.45) is 0. The van der Waals surface area contributed by atoms with Crippen LogP contribution in [0.1, 0.15) is 0 Å². The van der Waals surface area contributed by atoms with Crippen LogP contribution in [-0.2, 0) is 0 Å². The number of hydrogen-bond donors (Lipinski definition) is 2. The molecular weight excluding hydrogens is 274 g/mol. The molecule has 2 N–H and O–H groups in total. The minimum absolute atomic E-state index is 0.00576. The number of fused-ring (bicyclic) bond motifs is 3. The molecule has 22 heavy (non-hydrogen) atoms. The molecule has 1 heterocycles. The van der Waals surface area contributed by atoms with Crippen LogP contribution >= 0.6 is 0 Å². The topological polar surface area (TPSA) is 53.1 Å². The van der Waals surface area contributed by atoms with Gasteiger partial charge in [-0.15, -0.1) is 0 Å². The lowest BCUT2D eigenvalue weighted by molar-refractivity contribution is 0.477. The van der Waals surface area contributed by atoms with Crippen LogP contribution in [0.25, 0.3) is 32.9 Å². The number of hydrogen-bond acceptors (Lipinski definition) is 2. The first-order valence-electron chi connectivity index (χ1n) is 7.07. The number of phenolic OH excluding ortho intramolecular Hbond substituents is 1. The maximum atomic E-state index is 12.2. The highest BCUT2D eigenvalue weighted by Crippen LogP contribution is 2.30. The van der Waals surface area contributed by atoms with Crippen molar-refractivity contribution in [2.45, 2.75) is 0 Å². The molecule has 4 rings (SSSR count). The number of aromatic hydroxyl groups is 1. The molecule has 1 aromatic heterocycles. The number of H-pyrrole nitrogens is 1. The van der Waals surface area contributed by atoms with Gasteiger partial charge in [-0.3, -0.25) is 4.79 Å². The van der Waals surface area contributed by atoms with E-state index in [1.165, 1.54) is 0 Å². The highest BCUT2D eigenvalue weighted by molar-refractivity contribution is 6.05. The molecule has 0 saturated heterocycles. The van der Waals surface area contributed by atoms with Gasteiger partial charge in [0.2, 0.25) is 0 Å². The summed E-state index contributed by atoms with van der Waals surface area (Å²) in [4.78, 5) is 15.5. The maximum Gasteiger partial charge on any atom is 0.188 e. The summed E-state index contributed by atoms with van der Waals surface area (Å²) in [5.41, 5.74) is 2.28. The van der Waals surface area contributed by atoms with Gasteiger partial charge in [0.05, 0.1) is 10.9 Å². The van der Waals surface area contributed by atoms with Gasteiger partial charge in [-0.05, 0) is 35.0 Å². The Morgan fingerprint density at radius 2 is 1.55 bits per heavy atom. The van der Waals surface area contributed by atoms with Crippen LogP contribution in [0.4, 0.5) is 0 Å². The normalized spacial score (nSPS) is 11.1. The molecule has 0 saturated carbocycles. The Kier molecular flexibility index (Phi) is 2.73. The SMILES string of the molecule is O=c1cccc2ccc3ccc(-c4ccccc4O)[nH]c3c12. The second-order valence-electron chi connectivity index (χ2n) is 5.27. The lowest BCUT2D eigenvalue weighted by Gasteiger charge is -2.09. The van der Waals surface area contributed by atoms with E-state index in [9.17, 15) is 9.90 Å². The van der Waals surface area contributed by atoms with Crippen molar-refractivity contribution in [3.8, 4) is 17.0 Å². The summed E-state index contributed by atoms with van der Waals surface area (Å²) < 4.78 is 0. The molecule has 0 bridgehead atoms. The Balaban J connectivity index is 2.11. The molecule has 0 atom stereocenters. The Morgan fingerprint density at radius 3 is 2.41 bits per heavy atom. The van der Waals surface area contributed by atoms with Crippen LogP contribution in [-0.4, -0.2) is 10.1 Å². The summed E-state index contributed by atoms with van der Waals surface area (Å²) >= 11 is 0. The van der Waals surface area contributed by atoms with Crippen molar-refractivity contribution in [3.63, 3.8) is 0 Å². The number of nitrogens with one attached hydrogen (secondary N) is 1. The van der Waals surface area contributed by atoms with E-state index >= 15 is 0 Å². The van der Waals surface area contributed by atoms with Gasteiger partial charge in [-0.1, -0.05) is 42.5 Å². The van der Waals surface area contributed by atoms with Gasteiger partial charge in [-0.2, -0.15) is 0 Å². The van der Waals surface area contributed by atoms with Crippen molar-refractivity contribution >= 4 is 21.7 Å². The molecule has 3 aromatic carbocycles. The fraction of sp³-hybridized carbons (Fsp3) is 0. The zero-order chi connectivity index (χ0) is 15.1. The molecule has 0 fully saturated rings. The zero-order valence-corrected chi connectivity index (χ0v) is 11.7. The van der Waals surface area contributed by atoms with E-state index in [0.29, 0.717) is 10.9 Å². The molecule has 0 radical (unpaired) electrons. The van der Waals surface area contributed by atoms with Crippen LogP contribution in [0.5, 0.6) is 5.75 Å². The Morgan fingerprint density at radius 1 is 0.773 bits per heavy atom. The van der Waals surface area contributed by atoms with E-state index in [4.69, 9.17) is 0 Å². The molecular formula is C19H13NO2. The lowest BCUT2D eigenvalue weighted by Crippen LogP contribution is -2.00. The van der Waals surface area contributed by atoms with E-state index in [1.807, 2.05) is 42.5 Å². The van der Waals surface area contributed by atoms with Gasteiger partial charge in [0, 0.05) is 11.3 Å². The summed E-state index contributed by atoms with van der Waals surface area (Å²) in [7, 11) is 0. The predicted molar refractivity (Wildman–Crippen MR) is 89.2 cm³/mol. The van der Waals surface area contributed by atoms with Gasteiger partial charge in [0.15, 0.2) is 5.43 Å². The molecule has 3 nitrogen and oxygen atoms in total. The molecule has 0 spiro atoms. The molecule has 0 aliphatic heterocycles. The van der Waals surface area contributed by atoms with Crippen molar-refractivity contribution < 1.29 is 5.11 Å². The van der Waals surface area contributed by atoms with Gasteiger partial charge >= 0.3 is 0 Å². The van der Waals surface area contributed by atoms with Crippen molar-refractivity contribution in [3.05, 3.63) is 77.0 Å². The zero-order valence-electron chi connectivity index (χ0n) is 11.7. The number of aromatic amines is 1. The van der Waals surface area contributed by atoms with E-state index in [0.717, 1.165) is 22.0 Å². The quantitative estimate of drug-likeness (QED) is 0.519. The number of para-hydroxylation sites is 1. The second-order valence-corrected chi connectivity index (χ2v) is 5.27. The molecule has 0 aliphatic rings. The summed E-state index contributed by atoms with van der Waals surface area (Å²) in [6, 6.07) is 20.2. The lowest BCUT2D eigenvalue weighted by atomic mass is 10.0. The van der Waals surface area contributed by atoms with Crippen LogP contribution < -0.4 is 5.43 Å². The Bertz CT molecular complexity index is 1060. The first-order valence-corrected chi connectivity index (χ1v) is 7.07. The molecule has 106 valence electrons. The fourth-order valence-electron chi connectivity index (χ4n) is 2.84. The average molecular weight is 287 g/mol. The van der Waals surface area contributed by atoms with Crippen LogP contribution in [0, 0.1) is 0 Å². The minimum atomic E-state index is -0.00576. The second kappa shape index (κ2) is 4.74. The molecule has 0 amide bonds. The first-order chi connectivity index (χ1) is 10.7. The van der Waals surface area contributed by atoms with Crippen LogP contribution in [0.2, 0.25) is 0 Å². The largest absolute Gasteiger partial charge is 0.507 e. The highest BCUT2D eigenvalue weighted by Gasteiger charge is 2.08.